The summed E-state index contributed by atoms with van der Waals surface area (Å²) in [6.07, 6.45) is 14.8. The number of nitrogens with two attached hydrogens (primary N) is 1. The summed E-state index contributed by atoms with van der Waals surface area (Å²) in [7, 11) is 0. The molecule has 1 aromatic carbocycles. The Morgan fingerprint density at radius 1 is 1.31 bits per heavy atom. The van der Waals surface area contributed by atoms with Gasteiger partial charge >= 0.3 is 0 Å². The van der Waals surface area contributed by atoms with Gasteiger partial charge in [-0.25, -0.2) is 0 Å². The summed E-state index contributed by atoms with van der Waals surface area (Å²) in [4.78, 5) is 4.27. The molecule has 0 radical (unpaired) electrons. The Balaban J connectivity index is 2.05. The SMILES string of the molecule is C=COC(=C)c1c(C2=CC=CCC2=C)c2cc(C=C)c(C)cc2n1CC1=CC=NC(N)C1. The Labute approximate surface area is 189 Å². The maximum Gasteiger partial charge on any atom is 0.143 e. The molecule has 4 heteroatoms. The number of dihydropyridines is 1. The molecule has 4 nitrogen and oxygen atoms in total. The van der Waals surface area contributed by atoms with Gasteiger partial charge in [0.25, 0.3) is 0 Å². The van der Waals surface area contributed by atoms with E-state index in [0.717, 1.165) is 50.9 Å². The van der Waals surface area contributed by atoms with Crippen molar-refractivity contribution in [1.82, 2.24) is 4.57 Å². The second kappa shape index (κ2) is 8.85. The molecule has 0 bridgehead atoms. The zero-order valence-electron chi connectivity index (χ0n) is 18.6. The van der Waals surface area contributed by atoms with E-state index in [0.29, 0.717) is 18.7 Å². The van der Waals surface area contributed by atoms with E-state index in [9.17, 15) is 0 Å². The summed E-state index contributed by atoms with van der Waals surface area (Å²) < 4.78 is 8.01. The van der Waals surface area contributed by atoms with Crippen LogP contribution in [0.4, 0.5) is 0 Å². The normalized spacial score (nSPS) is 17.8. The van der Waals surface area contributed by atoms with Crippen LogP contribution in [0, 0.1) is 6.92 Å². The lowest BCUT2D eigenvalue weighted by atomic mass is 9.90. The minimum atomic E-state index is -0.215. The Morgan fingerprint density at radius 2 is 2.12 bits per heavy atom. The molecule has 2 heterocycles. The minimum absolute atomic E-state index is 0.215. The fourth-order valence-corrected chi connectivity index (χ4v) is 4.45. The molecule has 1 atom stereocenters. The Morgan fingerprint density at radius 3 is 2.81 bits per heavy atom. The highest BCUT2D eigenvalue weighted by Gasteiger charge is 2.26. The van der Waals surface area contributed by atoms with Crippen LogP contribution in [0.2, 0.25) is 0 Å². The van der Waals surface area contributed by atoms with Crippen LogP contribution in [0.5, 0.6) is 0 Å². The summed E-state index contributed by atoms with van der Waals surface area (Å²) >= 11 is 0. The van der Waals surface area contributed by atoms with E-state index in [-0.39, 0.29) is 6.17 Å². The Bertz CT molecular complexity index is 1260. The molecule has 1 unspecified atom stereocenters. The molecule has 0 fully saturated rings. The van der Waals surface area contributed by atoms with Crippen LogP contribution in [0.1, 0.15) is 35.2 Å². The molecule has 0 saturated carbocycles. The van der Waals surface area contributed by atoms with Crippen molar-refractivity contribution in [2.75, 3.05) is 0 Å². The largest absolute Gasteiger partial charge is 0.464 e. The maximum atomic E-state index is 6.10. The van der Waals surface area contributed by atoms with Gasteiger partial charge in [0.2, 0.25) is 0 Å². The number of aryl methyl sites for hydroxylation is 1. The third kappa shape index (κ3) is 3.85. The third-order valence-electron chi connectivity index (χ3n) is 5.99. The van der Waals surface area contributed by atoms with Crippen molar-refractivity contribution in [2.24, 2.45) is 10.7 Å². The van der Waals surface area contributed by atoms with Gasteiger partial charge in [0.1, 0.15) is 11.9 Å². The first-order valence-electron chi connectivity index (χ1n) is 10.7. The summed E-state index contributed by atoms with van der Waals surface area (Å²) in [5, 5.41) is 1.12. The summed E-state index contributed by atoms with van der Waals surface area (Å²) in [6, 6.07) is 4.41. The molecule has 162 valence electrons. The van der Waals surface area contributed by atoms with Crippen LogP contribution in [0.25, 0.3) is 28.3 Å². The van der Waals surface area contributed by atoms with E-state index in [1.807, 2.05) is 12.2 Å². The first-order chi connectivity index (χ1) is 15.4. The number of allylic oxidation sites excluding steroid dienone is 6. The molecule has 1 aromatic heterocycles. The van der Waals surface area contributed by atoms with Crippen LogP contribution in [-0.4, -0.2) is 16.9 Å². The zero-order valence-corrected chi connectivity index (χ0v) is 18.6. The van der Waals surface area contributed by atoms with Crippen LogP contribution >= 0.6 is 0 Å². The average molecular weight is 424 g/mol. The first kappa shape index (κ1) is 21.6. The van der Waals surface area contributed by atoms with Crippen molar-refractivity contribution >= 4 is 34.5 Å². The monoisotopic (exact) mass is 423 g/mol. The van der Waals surface area contributed by atoms with Crippen LogP contribution in [-0.2, 0) is 11.3 Å². The van der Waals surface area contributed by atoms with Crippen molar-refractivity contribution in [3.8, 4) is 0 Å². The second-order valence-electron chi connectivity index (χ2n) is 8.16. The summed E-state index contributed by atoms with van der Waals surface area (Å²) in [6.45, 7) is 19.1. The number of hydrogen-bond acceptors (Lipinski definition) is 3. The van der Waals surface area contributed by atoms with Crippen LogP contribution < -0.4 is 5.73 Å². The summed E-state index contributed by atoms with van der Waals surface area (Å²) in [5.74, 6) is 0.543. The number of benzene rings is 1. The lowest BCUT2D eigenvalue weighted by Crippen LogP contribution is -2.22. The highest BCUT2D eigenvalue weighted by molar-refractivity contribution is 6.03. The van der Waals surface area contributed by atoms with Crippen molar-refractivity contribution in [3.05, 3.63) is 103 Å². The van der Waals surface area contributed by atoms with E-state index < -0.39 is 0 Å². The smallest absolute Gasteiger partial charge is 0.143 e. The number of ether oxygens (including phenoxy) is 1. The second-order valence-corrected chi connectivity index (χ2v) is 8.16. The standard InChI is InChI=1S/C28H29N3O/c1-6-22-16-24-25(14-19(22)4)31(17-21-12-13-30-26(29)15-21)28(20(5)32-7-2)27(24)23-11-9-8-10-18(23)3/h6-9,11-14,16,26H,1-3,5,10,15,17,29H2,4H3. The van der Waals surface area contributed by atoms with Gasteiger partial charge in [0.05, 0.1) is 12.0 Å². The van der Waals surface area contributed by atoms with E-state index in [1.54, 1.807) is 6.21 Å². The highest BCUT2D eigenvalue weighted by Crippen LogP contribution is 2.41. The molecule has 0 amide bonds. The quantitative estimate of drug-likeness (QED) is 0.531. The average Bonchev–Trinajstić information content (AvgIpc) is 3.06. The maximum absolute atomic E-state index is 6.10. The number of nitrogens with zero attached hydrogens (tertiary/aromatic N) is 2. The predicted octanol–water partition coefficient (Wildman–Crippen LogP) is 6.31. The van der Waals surface area contributed by atoms with Gasteiger partial charge in [0.15, 0.2) is 0 Å². The van der Waals surface area contributed by atoms with Crippen molar-refractivity contribution in [2.45, 2.75) is 32.5 Å². The first-order valence-corrected chi connectivity index (χ1v) is 10.7. The van der Waals surface area contributed by atoms with E-state index in [1.165, 1.54) is 11.8 Å². The molecule has 2 aromatic rings. The minimum Gasteiger partial charge on any atom is -0.464 e. The number of rotatable bonds is 7. The zero-order chi connectivity index (χ0) is 22.8. The van der Waals surface area contributed by atoms with Gasteiger partial charge < -0.3 is 15.0 Å². The number of hydrogen-bond donors (Lipinski definition) is 1. The van der Waals surface area contributed by atoms with Crippen LogP contribution in [0.3, 0.4) is 0 Å². The van der Waals surface area contributed by atoms with Crippen molar-refractivity contribution in [3.63, 3.8) is 0 Å². The summed E-state index contributed by atoms with van der Waals surface area (Å²) in [5.41, 5.74) is 14.8. The Kier molecular flexibility index (Phi) is 5.97. The molecule has 0 saturated heterocycles. The lowest BCUT2D eigenvalue weighted by Gasteiger charge is -2.19. The molecule has 32 heavy (non-hydrogen) atoms. The molecule has 1 aliphatic heterocycles. The van der Waals surface area contributed by atoms with Gasteiger partial charge in [-0.2, -0.15) is 0 Å². The topological polar surface area (TPSA) is 52.5 Å². The lowest BCUT2D eigenvalue weighted by molar-refractivity contribution is 0.434. The highest BCUT2D eigenvalue weighted by atomic mass is 16.5. The molecule has 2 N–H and O–H groups in total. The molecular formula is C28H29N3O. The molecule has 2 aliphatic rings. The molecule has 1 aliphatic carbocycles. The van der Waals surface area contributed by atoms with E-state index >= 15 is 0 Å². The van der Waals surface area contributed by atoms with E-state index in [2.05, 4.69) is 73.2 Å². The predicted molar refractivity (Wildman–Crippen MR) is 137 cm³/mol. The van der Waals surface area contributed by atoms with Crippen LogP contribution in [0.15, 0.2) is 85.2 Å². The molecule has 0 spiro atoms. The number of fused-ring (bicyclic) bond motifs is 1. The number of aliphatic imine (C=N–C) groups is 1. The molecule has 4 rings (SSSR count). The van der Waals surface area contributed by atoms with Gasteiger partial charge in [-0.15, -0.1) is 0 Å². The third-order valence-corrected chi connectivity index (χ3v) is 5.99. The van der Waals surface area contributed by atoms with Crippen molar-refractivity contribution < 1.29 is 4.74 Å². The fourth-order valence-electron chi connectivity index (χ4n) is 4.45. The van der Waals surface area contributed by atoms with Gasteiger partial charge in [-0.3, -0.25) is 4.99 Å². The number of aromatic nitrogens is 1. The van der Waals surface area contributed by atoms with Gasteiger partial charge in [-0.1, -0.05) is 50.6 Å². The van der Waals surface area contributed by atoms with E-state index in [4.69, 9.17) is 10.5 Å². The fraction of sp³-hybridized carbons (Fsp3) is 0.179. The van der Waals surface area contributed by atoms with Crippen molar-refractivity contribution in [1.29, 1.82) is 0 Å². The Hall–Kier alpha value is -3.63. The van der Waals surface area contributed by atoms with Gasteiger partial charge in [0, 0.05) is 35.6 Å². The molecular weight excluding hydrogens is 394 g/mol. The van der Waals surface area contributed by atoms with Gasteiger partial charge in [-0.05, 0) is 59.4 Å².